The molecule has 0 aromatic heterocycles. The molecule has 0 aromatic carbocycles. The molecule has 0 spiro atoms. The van der Waals surface area contributed by atoms with Crippen LogP contribution in [0, 0.1) is 0 Å². The Balaban J connectivity index is 2.67. The first kappa shape index (κ1) is 11.6. The van der Waals surface area contributed by atoms with E-state index in [1.54, 1.807) is 0 Å². The van der Waals surface area contributed by atoms with Gasteiger partial charge in [0.05, 0.1) is 19.6 Å². The van der Waals surface area contributed by atoms with Crippen molar-refractivity contribution in [1.29, 1.82) is 0 Å². The van der Waals surface area contributed by atoms with E-state index in [0.717, 1.165) is 0 Å². The van der Waals surface area contributed by atoms with Gasteiger partial charge in [0.15, 0.2) is 0 Å². The smallest absolute Gasteiger partial charge is 0.242 e. The molecule has 1 saturated heterocycles. The highest BCUT2D eigenvalue weighted by atomic mass is 16.5. The topological polar surface area (TPSA) is 89.7 Å². The molecule has 1 atom stereocenters. The summed E-state index contributed by atoms with van der Waals surface area (Å²) in [6.45, 7) is 2.11. The molecule has 0 aromatic rings. The number of morpholine rings is 1. The predicted molar refractivity (Wildman–Crippen MR) is 50.8 cm³/mol. The SMILES string of the molecule is CC(=O)CC(=O)N1CCOCC1C(N)=O. The van der Waals surface area contributed by atoms with Crippen LogP contribution in [0.3, 0.4) is 0 Å². The molecule has 0 saturated carbocycles. The molecule has 15 heavy (non-hydrogen) atoms. The Bertz CT molecular complexity index is 290. The lowest BCUT2D eigenvalue weighted by atomic mass is 10.2. The maximum absolute atomic E-state index is 11.6. The number of nitrogens with zero attached hydrogens (tertiary/aromatic N) is 1. The fraction of sp³-hybridized carbons (Fsp3) is 0.667. The summed E-state index contributed by atoms with van der Waals surface area (Å²) < 4.78 is 5.05. The first-order valence-electron chi connectivity index (χ1n) is 4.68. The fourth-order valence-corrected chi connectivity index (χ4v) is 1.45. The molecule has 1 aliphatic rings. The first-order valence-corrected chi connectivity index (χ1v) is 4.68. The van der Waals surface area contributed by atoms with E-state index in [2.05, 4.69) is 0 Å². The van der Waals surface area contributed by atoms with E-state index in [0.29, 0.717) is 13.2 Å². The maximum atomic E-state index is 11.6. The summed E-state index contributed by atoms with van der Waals surface area (Å²) in [4.78, 5) is 34.7. The first-order chi connectivity index (χ1) is 7.02. The lowest BCUT2D eigenvalue weighted by Gasteiger charge is -2.33. The number of carbonyl (C=O) groups excluding carboxylic acids is 3. The van der Waals surface area contributed by atoms with Crippen LogP contribution in [0.25, 0.3) is 0 Å². The monoisotopic (exact) mass is 214 g/mol. The van der Waals surface area contributed by atoms with E-state index in [9.17, 15) is 14.4 Å². The number of ether oxygens (including phenoxy) is 1. The summed E-state index contributed by atoms with van der Waals surface area (Å²) >= 11 is 0. The number of Topliss-reactive ketones (excluding diaryl/α,β-unsaturated/α-hetero) is 1. The summed E-state index contributed by atoms with van der Waals surface area (Å²) in [5, 5.41) is 0. The van der Waals surface area contributed by atoms with Gasteiger partial charge in [0.1, 0.15) is 11.8 Å². The normalized spacial score (nSPS) is 21.1. The molecular formula is C9H14N2O4. The lowest BCUT2D eigenvalue weighted by molar-refractivity contribution is -0.148. The summed E-state index contributed by atoms with van der Waals surface area (Å²) in [6, 6.07) is -0.745. The van der Waals surface area contributed by atoms with Gasteiger partial charge >= 0.3 is 0 Å². The van der Waals surface area contributed by atoms with Crippen molar-refractivity contribution in [3.8, 4) is 0 Å². The van der Waals surface area contributed by atoms with Crippen molar-refractivity contribution in [2.75, 3.05) is 19.8 Å². The third kappa shape index (κ3) is 3.02. The van der Waals surface area contributed by atoms with Gasteiger partial charge in [0.25, 0.3) is 0 Å². The Kier molecular flexibility index (Phi) is 3.79. The highest BCUT2D eigenvalue weighted by molar-refractivity contribution is 5.98. The van der Waals surface area contributed by atoms with Crippen LogP contribution in [-0.4, -0.2) is 48.3 Å². The Hall–Kier alpha value is -1.43. The summed E-state index contributed by atoms with van der Waals surface area (Å²) in [5.74, 6) is -1.20. The molecule has 0 bridgehead atoms. The van der Waals surface area contributed by atoms with E-state index in [4.69, 9.17) is 10.5 Å². The number of amides is 2. The fourth-order valence-electron chi connectivity index (χ4n) is 1.45. The van der Waals surface area contributed by atoms with E-state index < -0.39 is 11.9 Å². The van der Waals surface area contributed by atoms with Gasteiger partial charge in [-0.25, -0.2) is 0 Å². The number of hydrogen-bond donors (Lipinski definition) is 1. The molecule has 84 valence electrons. The van der Waals surface area contributed by atoms with Gasteiger partial charge in [0, 0.05) is 6.54 Å². The molecule has 2 N–H and O–H groups in total. The number of primary amides is 1. The Morgan fingerprint density at radius 1 is 1.47 bits per heavy atom. The maximum Gasteiger partial charge on any atom is 0.242 e. The van der Waals surface area contributed by atoms with Gasteiger partial charge < -0.3 is 15.4 Å². The second-order valence-corrected chi connectivity index (χ2v) is 3.46. The molecule has 1 unspecified atom stereocenters. The molecule has 6 heteroatoms. The van der Waals surface area contributed by atoms with Gasteiger partial charge in [-0.1, -0.05) is 0 Å². The molecule has 1 fully saturated rings. The van der Waals surface area contributed by atoms with Crippen LogP contribution >= 0.6 is 0 Å². The van der Waals surface area contributed by atoms with Crippen LogP contribution in [0.1, 0.15) is 13.3 Å². The second kappa shape index (κ2) is 4.88. The molecule has 0 radical (unpaired) electrons. The molecular weight excluding hydrogens is 200 g/mol. The van der Waals surface area contributed by atoms with Crippen molar-refractivity contribution >= 4 is 17.6 Å². The Labute approximate surface area is 87.4 Å². The molecule has 1 aliphatic heterocycles. The highest BCUT2D eigenvalue weighted by Gasteiger charge is 2.31. The van der Waals surface area contributed by atoms with E-state index in [1.165, 1.54) is 11.8 Å². The van der Waals surface area contributed by atoms with Crippen LogP contribution < -0.4 is 5.73 Å². The van der Waals surface area contributed by atoms with E-state index >= 15 is 0 Å². The van der Waals surface area contributed by atoms with Gasteiger partial charge in [-0.15, -0.1) is 0 Å². The van der Waals surface area contributed by atoms with E-state index in [1.807, 2.05) is 0 Å². The summed E-state index contributed by atoms with van der Waals surface area (Å²) in [6.07, 6.45) is -0.191. The van der Waals surface area contributed by atoms with Gasteiger partial charge in [-0.3, -0.25) is 14.4 Å². The zero-order valence-electron chi connectivity index (χ0n) is 8.56. The molecule has 0 aliphatic carbocycles. The minimum atomic E-state index is -0.745. The molecule has 2 amide bonds. The Morgan fingerprint density at radius 2 is 2.13 bits per heavy atom. The van der Waals surface area contributed by atoms with Crippen LogP contribution in [0.5, 0.6) is 0 Å². The summed E-state index contributed by atoms with van der Waals surface area (Å²) in [5.41, 5.74) is 5.13. The van der Waals surface area contributed by atoms with Crippen molar-refractivity contribution in [3.05, 3.63) is 0 Å². The number of hydrogen-bond acceptors (Lipinski definition) is 4. The van der Waals surface area contributed by atoms with Crippen molar-refractivity contribution in [2.24, 2.45) is 5.73 Å². The van der Waals surface area contributed by atoms with Gasteiger partial charge in [-0.05, 0) is 6.92 Å². The number of rotatable bonds is 3. The average molecular weight is 214 g/mol. The van der Waals surface area contributed by atoms with Gasteiger partial charge in [-0.2, -0.15) is 0 Å². The summed E-state index contributed by atoms with van der Waals surface area (Å²) in [7, 11) is 0. The third-order valence-corrected chi connectivity index (χ3v) is 2.18. The van der Waals surface area contributed by atoms with Crippen molar-refractivity contribution in [1.82, 2.24) is 4.90 Å². The van der Waals surface area contributed by atoms with Crippen molar-refractivity contribution in [3.63, 3.8) is 0 Å². The van der Waals surface area contributed by atoms with Crippen molar-refractivity contribution < 1.29 is 19.1 Å². The van der Waals surface area contributed by atoms with Crippen LogP contribution in [0.4, 0.5) is 0 Å². The number of carbonyl (C=O) groups is 3. The number of ketones is 1. The van der Waals surface area contributed by atoms with Crippen molar-refractivity contribution in [2.45, 2.75) is 19.4 Å². The largest absolute Gasteiger partial charge is 0.377 e. The van der Waals surface area contributed by atoms with Crippen LogP contribution in [-0.2, 0) is 19.1 Å². The molecule has 6 nitrogen and oxygen atoms in total. The third-order valence-electron chi connectivity index (χ3n) is 2.18. The minimum Gasteiger partial charge on any atom is -0.377 e. The van der Waals surface area contributed by atoms with Gasteiger partial charge in [0.2, 0.25) is 11.8 Å². The number of nitrogens with two attached hydrogens (primary N) is 1. The zero-order chi connectivity index (χ0) is 11.4. The quantitative estimate of drug-likeness (QED) is 0.590. The predicted octanol–water partition coefficient (Wildman–Crippen LogP) is -1.32. The minimum absolute atomic E-state index is 0.110. The van der Waals surface area contributed by atoms with Crippen LogP contribution in [0.2, 0.25) is 0 Å². The average Bonchev–Trinajstić information content (AvgIpc) is 2.16. The lowest BCUT2D eigenvalue weighted by Crippen LogP contribution is -2.55. The zero-order valence-corrected chi connectivity index (χ0v) is 8.56. The highest BCUT2D eigenvalue weighted by Crippen LogP contribution is 2.08. The second-order valence-electron chi connectivity index (χ2n) is 3.46. The molecule has 1 heterocycles. The van der Waals surface area contributed by atoms with Crippen LogP contribution in [0.15, 0.2) is 0 Å². The standard InChI is InChI=1S/C9H14N2O4/c1-6(12)4-8(13)11-2-3-15-5-7(11)9(10)14/h7H,2-5H2,1H3,(H2,10,14). The Morgan fingerprint density at radius 3 is 2.67 bits per heavy atom. The molecule has 1 rings (SSSR count). The van der Waals surface area contributed by atoms with E-state index in [-0.39, 0.29) is 24.7 Å².